The summed E-state index contributed by atoms with van der Waals surface area (Å²) in [5, 5.41) is 14.3. The van der Waals surface area contributed by atoms with E-state index >= 15 is 0 Å². The molecule has 1 amide bonds. The van der Waals surface area contributed by atoms with Crippen LogP contribution >= 0.6 is 34.4 Å². The Kier molecular flexibility index (Phi) is 6.32. The molecule has 160 valence electrons. The van der Waals surface area contributed by atoms with Gasteiger partial charge in [-0.25, -0.2) is 4.98 Å². The first-order valence-electron chi connectivity index (χ1n) is 10.0. The van der Waals surface area contributed by atoms with Gasteiger partial charge in [-0.2, -0.15) is 5.26 Å². The number of carbonyl (C=O) groups is 1. The van der Waals surface area contributed by atoms with Crippen molar-refractivity contribution < 1.29 is 4.79 Å². The van der Waals surface area contributed by atoms with E-state index in [1.54, 1.807) is 10.6 Å². The van der Waals surface area contributed by atoms with Crippen LogP contribution in [0.5, 0.6) is 0 Å². The summed E-state index contributed by atoms with van der Waals surface area (Å²) >= 11 is 4.23. The minimum absolute atomic E-state index is 0.103. The first kappa shape index (κ1) is 21.8. The number of allylic oxidation sites excluding steroid dienone is 1. The molecule has 6 nitrogen and oxygen atoms in total. The highest BCUT2D eigenvalue weighted by molar-refractivity contribution is 7.99. The van der Waals surface area contributed by atoms with Crippen molar-refractivity contribution in [1.82, 2.24) is 9.55 Å². The van der Waals surface area contributed by atoms with Crippen LogP contribution in [-0.4, -0.2) is 21.2 Å². The molecule has 0 saturated heterocycles. The average molecular weight is 471 g/mol. The number of nitrogens with one attached hydrogen (secondary N) is 1. The molecule has 3 heterocycles. The number of rotatable bonds is 6. The summed E-state index contributed by atoms with van der Waals surface area (Å²) in [5.74, 6) is -0.107. The number of aryl methyl sites for hydroxylation is 3. The smallest absolute Gasteiger partial charge is 0.263 e. The van der Waals surface area contributed by atoms with E-state index in [1.165, 1.54) is 39.3 Å². The fourth-order valence-corrected chi connectivity index (χ4v) is 6.91. The number of nitriles is 1. The van der Waals surface area contributed by atoms with Crippen molar-refractivity contribution in [2.75, 3.05) is 11.1 Å². The van der Waals surface area contributed by atoms with E-state index in [0.717, 1.165) is 41.7 Å². The molecule has 1 N–H and O–H groups in total. The van der Waals surface area contributed by atoms with Crippen LogP contribution in [0.2, 0.25) is 0 Å². The van der Waals surface area contributed by atoms with Gasteiger partial charge in [-0.15, -0.1) is 29.3 Å². The second kappa shape index (κ2) is 8.99. The van der Waals surface area contributed by atoms with E-state index in [2.05, 4.69) is 22.9 Å². The molecule has 31 heavy (non-hydrogen) atoms. The van der Waals surface area contributed by atoms with Gasteiger partial charge >= 0.3 is 0 Å². The molecule has 9 heteroatoms. The maximum atomic E-state index is 13.0. The van der Waals surface area contributed by atoms with Gasteiger partial charge in [0.15, 0.2) is 5.16 Å². The molecule has 0 atom stereocenters. The van der Waals surface area contributed by atoms with Crippen molar-refractivity contribution >= 4 is 55.6 Å². The Hall–Kier alpha value is -2.41. The first-order valence-corrected chi connectivity index (χ1v) is 12.6. The monoisotopic (exact) mass is 470 g/mol. The fraction of sp³-hybridized carbons (Fsp3) is 0.364. The van der Waals surface area contributed by atoms with Crippen LogP contribution < -0.4 is 10.9 Å². The van der Waals surface area contributed by atoms with Crippen LogP contribution in [0.15, 0.2) is 22.6 Å². The van der Waals surface area contributed by atoms with Crippen LogP contribution in [-0.2, 0) is 24.2 Å². The third-order valence-corrected chi connectivity index (χ3v) is 8.72. The van der Waals surface area contributed by atoms with Gasteiger partial charge in [-0.3, -0.25) is 14.2 Å². The molecule has 3 aromatic rings. The number of fused-ring (bicyclic) bond motifs is 2. The Morgan fingerprint density at radius 1 is 1.35 bits per heavy atom. The van der Waals surface area contributed by atoms with Gasteiger partial charge < -0.3 is 5.32 Å². The Balaban J connectivity index is 1.57. The van der Waals surface area contributed by atoms with Crippen molar-refractivity contribution in [2.24, 2.45) is 0 Å². The lowest BCUT2D eigenvalue weighted by Gasteiger charge is -2.10. The van der Waals surface area contributed by atoms with E-state index in [4.69, 9.17) is 0 Å². The Morgan fingerprint density at radius 2 is 2.13 bits per heavy atom. The fourth-order valence-electron chi connectivity index (χ4n) is 3.77. The summed E-state index contributed by atoms with van der Waals surface area (Å²) < 4.78 is 1.57. The SMILES string of the molecule is C=CCn1c(SCC(=O)Nc2sc3c(c2C#N)CCCC3)nc2sc(C)c(C)c2c1=O. The molecule has 0 bridgehead atoms. The lowest BCUT2D eigenvalue weighted by molar-refractivity contribution is -0.113. The minimum Gasteiger partial charge on any atom is -0.316 e. The first-order chi connectivity index (χ1) is 14.9. The highest BCUT2D eigenvalue weighted by Gasteiger charge is 2.22. The zero-order chi connectivity index (χ0) is 22.1. The highest BCUT2D eigenvalue weighted by Crippen LogP contribution is 2.37. The van der Waals surface area contributed by atoms with E-state index in [9.17, 15) is 14.9 Å². The second-order valence-corrected chi connectivity index (χ2v) is 10.7. The number of amides is 1. The van der Waals surface area contributed by atoms with Crippen LogP contribution in [0.3, 0.4) is 0 Å². The summed E-state index contributed by atoms with van der Waals surface area (Å²) in [6.45, 7) is 7.99. The van der Waals surface area contributed by atoms with Gasteiger partial charge in [0.1, 0.15) is 15.9 Å². The molecule has 4 rings (SSSR count). The summed E-state index contributed by atoms with van der Waals surface area (Å²) in [7, 11) is 0. The van der Waals surface area contributed by atoms with Crippen molar-refractivity contribution in [3.63, 3.8) is 0 Å². The maximum Gasteiger partial charge on any atom is 0.263 e. The number of thiophene rings is 2. The third-order valence-electron chi connectivity index (χ3n) is 5.43. The standard InChI is InChI=1S/C22H22N4O2S3/c1-4-9-26-21(28)18-12(2)13(3)30-20(18)25-22(26)29-11-17(27)24-19-15(10-23)14-7-5-6-8-16(14)31-19/h4H,1,5-9,11H2,2-3H3,(H,24,27). The molecule has 0 unspecified atom stereocenters. The topological polar surface area (TPSA) is 87.8 Å². The van der Waals surface area contributed by atoms with Crippen molar-refractivity contribution in [3.8, 4) is 6.07 Å². The molecule has 0 aromatic carbocycles. The van der Waals surface area contributed by atoms with Gasteiger partial charge in [0.05, 0.1) is 16.7 Å². The molecule has 1 aliphatic carbocycles. The van der Waals surface area contributed by atoms with E-state index < -0.39 is 0 Å². The number of hydrogen-bond acceptors (Lipinski definition) is 7. The predicted octanol–water partition coefficient (Wildman–Crippen LogP) is 4.80. The van der Waals surface area contributed by atoms with Gasteiger partial charge in [-0.05, 0) is 50.7 Å². The van der Waals surface area contributed by atoms with Gasteiger partial charge in [0.25, 0.3) is 5.56 Å². The Morgan fingerprint density at radius 3 is 2.87 bits per heavy atom. The quantitative estimate of drug-likeness (QED) is 0.317. The summed E-state index contributed by atoms with van der Waals surface area (Å²) in [6, 6.07) is 2.27. The Labute approximate surface area is 192 Å². The number of hydrogen-bond donors (Lipinski definition) is 1. The van der Waals surface area contributed by atoms with Gasteiger partial charge in [0, 0.05) is 16.3 Å². The van der Waals surface area contributed by atoms with Crippen LogP contribution in [0.1, 0.15) is 39.3 Å². The molecule has 0 spiro atoms. The number of nitrogens with zero attached hydrogens (tertiary/aromatic N) is 3. The maximum absolute atomic E-state index is 13.0. The van der Waals surface area contributed by atoms with Crippen molar-refractivity contribution in [2.45, 2.75) is 51.2 Å². The largest absolute Gasteiger partial charge is 0.316 e. The predicted molar refractivity (Wildman–Crippen MR) is 129 cm³/mol. The minimum atomic E-state index is -0.210. The van der Waals surface area contributed by atoms with Crippen LogP contribution in [0.4, 0.5) is 5.00 Å². The van der Waals surface area contributed by atoms with Crippen LogP contribution in [0, 0.1) is 25.2 Å². The molecule has 0 aliphatic heterocycles. The molecular weight excluding hydrogens is 448 g/mol. The third kappa shape index (κ3) is 4.07. The number of anilines is 1. The van der Waals surface area contributed by atoms with E-state index in [-0.39, 0.29) is 17.2 Å². The van der Waals surface area contributed by atoms with Crippen LogP contribution in [0.25, 0.3) is 10.2 Å². The van der Waals surface area contributed by atoms with E-state index in [0.29, 0.717) is 32.5 Å². The van der Waals surface area contributed by atoms with Crippen molar-refractivity contribution in [1.29, 1.82) is 5.26 Å². The summed E-state index contributed by atoms with van der Waals surface area (Å²) in [6.07, 6.45) is 5.73. The second-order valence-electron chi connectivity index (χ2n) is 7.43. The zero-order valence-corrected chi connectivity index (χ0v) is 19.9. The number of aromatic nitrogens is 2. The van der Waals surface area contributed by atoms with E-state index in [1.807, 2.05) is 13.8 Å². The Bertz CT molecular complexity index is 1290. The lowest BCUT2D eigenvalue weighted by atomic mass is 9.96. The van der Waals surface area contributed by atoms with Gasteiger partial charge in [-0.1, -0.05) is 17.8 Å². The normalized spacial score (nSPS) is 13.1. The molecule has 0 fully saturated rings. The average Bonchev–Trinajstić information content (AvgIpc) is 3.24. The van der Waals surface area contributed by atoms with Crippen molar-refractivity contribution in [3.05, 3.63) is 49.5 Å². The molecular formula is C22H22N4O2S3. The highest BCUT2D eigenvalue weighted by atomic mass is 32.2. The number of thioether (sulfide) groups is 1. The molecule has 1 aliphatic rings. The molecule has 0 radical (unpaired) electrons. The lowest BCUT2D eigenvalue weighted by Crippen LogP contribution is -2.23. The van der Waals surface area contributed by atoms with Gasteiger partial charge in [0.2, 0.25) is 5.91 Å². The zero-order valence-electron chi connectivity index (χ0n) is 17.4. The summed E-state index contributed by atoms with van der Waals surface area (Å²) in [4.78, 5) is 33.4. The molecule has 0 saturated carbocycles. The molecule has 3 aromatic heterocycles. The summed E-state index contributed by atoms with van der Waals surface area (Å²) in [5.41, 5.74) is 2.55. The number of carbonyl (C=O) groups excluding carboxylic acids is 1.